The maximum absolute atomic E-state index is 11.9. The van der Waals surface area contributed by atoms with E-state index in [1.54, 1.807) is 24.3 Å². The fraction of sp³-hybridized carbons (Fsp3) is 0.429. The lowest BCUT2D eigenvalue weighted by Crippen LogP contribution is -2.06. The maximum atomic E-state index is 11.9. The summed E-state index contributed by atoms with van der Waals surface area (Å²) in [6, 6.07) is 8.61. The standard InChI is InChI=1S/C14H19ClO2S/c1-13(15)9-5-2-3-8-12-18(16,17)14-10-6-4-7-11-14/h4,6-7,10-11H,1-3,5,8-9,12H2. The lowest BCUT2D eigenvalue weighted by atomic mass is 10.1. The van der Waals surface area contributed by atoms with Crippen LogP contribution in [0, 0.1) is 0 Å². The Hall–Kier alpha value is -0.800. The first-order valence-electron chi connectivity index (χ1n) is 6.13. The van der Waals surface area contributed by atoms with Gasteiger partial charge < -0.3 is 0 Å². The molecule has 0 aromatic heterocycles. The number of hydrogen-bond acceptors (Lipinski definition) is 2. The molecule has 4 heteroatoms. The second kappa shape index (κ2) is 7.59. The Morgan fingerprint density at radius 1 is 1.06 bits per heavy atom. The van der Waals surface area contributed by atoms with Crippen molar-refractivity contribution in [2.24, 2.45) is 0 Å². The number of sulfone groups is 1. The number of halogens is 1. The molecule has 0 saturated heterocycles. The highest BCUT2D eigenvalue weighted by molar-refractivity contribution is 7.91. The number of hydrogen-bond donors (Lipinski definition) is 0. The zero-order valence-corrected chi connectivity index (χ0v) is 12.0. The Balaban J connectivity index is 2.29. The van der Waals surface area contributed by atoms with Gasteiger partial charge in [0.25, 0.3) is 0 Å². The van der Waals surface area contributed by atoms with Gasteiger partial charge in [0.05, 0.1) is 10.6 Å². The molecule has 18 heavy (non-hydrogen) atoms. The Bertz CT molecular complexity index is 466. The third kappa shape index (κ3) is 5.69. The van der Waals surface area contributed by atoms with Crippen molar-refractivity contribution in [2.45, 2.75) is 37.0 Å². The molecule has 1 aromatic carbocycles. The van der Waals surface area contributed by atoms with Crippen LogP contribution in [-0.2, 0) is 9.84 Å². The van der Waals surface area contributed by atoms with Crippen LogP contribution in [0.5, 0.6) is 0 Å². The molecule has 0 aliphatic rings. The summed E-state index contributed by atoms with van der Waals surface area (Å²) in [5.41, 5.74) is 0. The topological polar surface area (TPSA) is 34.1 Å². The van der Waals surface area contributed by atoms with Gasteiger partial charge in [0.1, 0.15) is 0 Å². The fourth-order valence-electron chi connectivity index (χ4n) is 1.71. The van der Waals surface area contributed by atoms with Crippen molar-refractivity contribution >= 4 is 21.4 Å². The van der Waals surface area contributed by atoms with E-state index in [0.717, 1.165) is 25.7 Å². The van der Waals surface area contributed by atoms with Crippen molar-refractivity contribution in [1.82, 2.24) is 0 Å². The van der Waals surface area contributed by atoms with Gasteiger partial charge in [-0.3, -0.25) is 0 Å². The van der Waals surface area contributed by atoms with Crippen LogP contribution in [0.25, 0.3) is 0 Å². The first-order chi connectivity index (χ1) is 8.52. The van der Waals surface area contributed by atoms with Crippen molar-refractivity contribution < 1.29 is 8.42 Å². The molecule has 0 saturated carbocycles. The van der Waals surface area contributed by atoms with E-state index in [1.165, 1.54) is 0 Å². The molecule has 100 valence electrons. The molecule has 1 aromatic rings. The van der Waals surface area contributed by atoms with Gasteiger partial charge >= 0.3 is 0 Å². The van der Waals surface area contributed by atoms with Gasteiger partial charge in [-0.05, 0) is 31.4 Å². The second-order valence-electron chi connectivity index (χ2n) is 4.31. The van der Waals surface area contributed by atoms with Crippen LogP contribution < -0.4 is 0 Å². The molecule has 0 unspecified atom stereocenters. The lowest BCUT2D eigenvalue weighted by molar-refractivity contribution is 0.587. The van der Waals surface area contributed by atoms with E-state index >= 15 is 0 Å². The number of benzene rings is 1. The molecule has 0 N–H and O–H groups in total. The molecule has 0 bridgehead atoms. The van der Waals surface area contributed by atoms with Crippen molar-refractivity contribution in [3.05, 3.63) is 41.9 Å². The SMILES string of the molecule is C=C(Cl)CCCCCCS(=O)(=O)c1ccccc1. The number of allylic oxidation sites excluding steroid dienone is 1. The largest absolute Gasteiger partial charge is 0.224 e. The summed E-state index contributed by atoms with van der Waals surface area (Å²) in [6.45, 7) is 3.62. The van der Waals surface area contributed by atoms with Gasteiger partial charge in [-0.2, -0.15) is 0 Å². The van der Waals surface area contributed by atoms with Gasteiger partial charge in [-0.25, -0.2) is 8.42 Å². The summed E-state index contributed by atoms with van der Waals surface area (Å²) in [5, 5.41) is 0.673. The van der Waals surface area contributed by atoms with Gasteiger partial charge in [0.15, 0.2) is 9.84 Å². The van der Waals surface area contributed by atoms with E-state index in [0.29, 0.717) is 16.3 Å². The second-order valence-corrected chi connectivity index (χ2v) is 6.96. The Kier molecular flexibility index (Phi) is 6.44. The zero-order valence-electron chi connectivity index (χ0n) is 10.4. The summed E-state index contributed by atoms with van der Waals surface area (Å²) in [7, 11) is -3.11. The molecule has 0 atom stereocenters. The average molecular weight is 287 g/mol. The van der Waals surface area contributed by atoms with E-state index < -0.39 is 9.84 Å². The quantitative estimate of drug-likeness (QED) is 0.672. The maximum Gasteiger partial charge on any atom is 0.178 e. The average Bonchev–Trinajstić information content (AvgIpc) is 2.34. The molecule has 0 heterocycles. The van der Waals surface area contributed by atoms with Crippen molar-refractivity contribution in [1.29, 1.82) is 0 Å². The van der Waals surface area contributed by atoms with E-state index in [1.807, 2.05) is 6.07 Å². The molecule has 0 radical (unpaired) electrons. The zero-order chi connectivity index (χ0) is 13.4. The van der Waals surface area contributed by atoms with Crippen LogP contribution in [0.15, 0.2) is 46.8 Å². The third-order valence-electron chi connectivity index (χ3n) is 2.71. The Labute approximate surface area is 115 Å². The molecule has 0 fully saturated rings. The van der Waals surface area contributed by atoms with Crippen molar-refractivity contribution in [2.75, 3.05) is 5.75 Å². The minimum atomic E-state index is -3.11. The van der Waals surface area contributed by atoms with Crippen LogP contribution in [0.4, 0.5) is 0 Å². The lowest BCUT2D eigenvalue weighted by Gasteiger charge is -2.04. The fourth-order valence-corrected chi connectivity index (χ4v) is 3.23. The summed E-state index contributed by atoms with van der Waals surface area (Å²) < 4.78 is 23.9. The summed E-state index contributed by atoms with van der Waals surface area (Å²) in [4.78, 5) is 0.416. The van der Waals surface area contributed by atoms with Crippen molar-refractivity contribution in [3.8, 4) is 0 Å². The van der Waals surface area contributed by atoms with E-state index in [4.69, 9.17) is 11.6 Å². The van der Waals surface area contributed by atoms with Crippen LogP contribution in [0.2, 0.25) is 0 Å². The molecule has 1 rings (SSSR count). The monoisotopic (exact) mass is 286 g/mol. The molecule has 0 aliphatic carbocycles. The molecule has 2 nitrogen and oxygen atoms in total. The van der Waals surface area contributed by atoms with Gasteiger partial charge in [0, 0.05) is 5.03 Å². The molecule has 0 spiro atoms. The normalized spacial score (nSPS) is 11.4. The van der Waals surface area contributed by atoms with Crippen LogP contribution in [-0.4, -0.2) is 14.2 Å². The molecule has 0 aliphatic heterocycles. The van der Waals surface area contributed by atoms with E-state index in [2.05, 4.69) is 6.58 Å². The van der Waals surface area contributed by atoms with Gasteiger partial charge in [0.2, 0.25) is 0 Å². The predicted octanol–water partition coefficient (Wildman–Crippen LogP) is 4.16. The molecular formula is C14H19ClO2S. The van der Waals surface area contributed by atoms with Crippen LogP contribution in [0.1, 0.15) is 32.1 Å². The van der Waals surface area contributed by atoms with Crippen molar-refractivity contribution in [3.63, 3.8) is 0 Å². The van der Waals surface area contributed by atoms with E-state index in [-0.39, 0.29) is 5.75 Å². The molecular weight excluding hydrogens is 268 g/mol. The minimum absolute atomic E-state index is 0.221. The van der Waals surface area contributed by atoms with E-state index in [9.17, 15) is 8.42 Å². The highest BCUT2D eigenvalue weighted by Gasteiger charge is 2.12. The van der Waals surface area contributed by atoms with Gasteiger partial charge in [-0.1, -0.05) is 49.2 Å². The summed E-state index contributed by atoms with van der Waals surface area (Å²) in [5.74, 6) is 0.221. The third-order valence-corrected chi connectivity index (χ3v) is 4.72. The predicted molar refractivity (Wildman–Crippen MR) is 76.6 cm³/mol. The Morgan fingerprint density at radius 3 is 2.28 bits per heavy atom. The first kappa shape index (κ1) is 15.3. The van der Waals surface area contributed by atoms with Crippen LogP contribution >= 0.6 is 11.6 Å². The Morgan fingerprint density at radius 2 is 1.67 bits per heavy atom. The highest BCUT2D eigenvalue weighted by Crippen LogP contribution is 2.15. The highest BCUT2D eigenvalue weighted by atomic mass is 35.5. The number of unbranched alkanes of at least 4 members (excludes halogenated alkanes) is 3. The smallest absolute Gasteiger partial charge is 0.178 e. The summed E-state index contributed by atoms with van der Waals surface area (Å²) >= 11 is 5.65. The first-order valence-corrected chi connectivity index (χ1v) is 8.16. The van der Waals surface area contributed by atoms with Crippen LogP contribution in [0.3, 0.4) is 0 Å². The summed E-state index contributed by atoms with van der Waals surface area (Å²) in [6.07, 6.45) is 4.40. The molecule has 0 amide bonds. The minimum Gasteiger partial charge on any atom is -0.224 e. The van der Waals surface area contributed by atoms with Gasteiger partial charge in [-0.15, -0.1) is 0 Å². The number of rotatable bonds is 8.